The molecule has 200 valence electrons. The molecule has 0 atom stereocenters. The van der Waals surface area contributed by atoms with Crippen LogP contribution in [-0.4, -0.2) is 45.1 Å². The SMILES string of the molecule is COc1cc2nccc(Oc3ccc(N(C)C(=O)C4(C(=O)N(C)c5ccc(F)cc5)CC4)cc3)c2cc1OC. The highest BCUT2D eigenvalue weighted by molar-refractivity contribution is 6.18. The molecular formula is C30H28FN3O5. The summed E-state index contributed by atoms with van der Waals surface area (Å²) in [7, 11) is 6.39. The lowest BCUT2D eigenvalue weighted by molar-refractivity contribution is -0.133. The third-order valence-corrected chi connectivity index (χ3v) is 7.05. The predicted octanol–water partition coefficient (Wildman–Crippen LogP) is 5.59. The molecule has 1 heterocycles. The second-order valence-electron chi connectivity index (χ2n) is 9.42. The molecule has 1 saturated carbocycles. The first kappa shape index (κ1) is 26.0. The second kappa shape index (κ2) is 10.2. The van der Waals surface area contributed by atoms with Crippen molar-refractivity contribution in [1.82, 2.24) is 4.98 Å². The van der Waals surface area contributed by atoms with Crippen LogP contribution in [0.2, 0.25) is 0 Å². The van der Waals surface area contributed by atoms with Gasteiger partial charge in [0.05, 0.1) is 19.7 Å². The van der Waals surface area contributed by atoms with Crippen LogP contribution in [-0.2, 0) is 9.59 Å². The van der Waals surface area contributed by atoms with Crippen molar-refractivity contribution in [3.63, 3.8) is 0 Å². The zero-order valence-electron chi connectivity index (χ0n) is 22.1. The monoisotopic (exact) mass is 529 g/mol. The Bertz CT molecular complexity index is 1540. The fourth-order valence-corrected chi connectivity index (χ4v) is 4.59. The third kappa shape index (κ3) is 4.83. The lowest BCUT2D eigenvalue weighted by atomic mass is 10.0. The van der Waals surface area contributed by atoms with Crippen molar-refractivity contribution >= 4 is 34.1 Å². The molecule has 3 aromatic carbocycles. The molecule has 1 fully saturated rings. The van der Waals surface area contributed by atoms with Gasteiger partial charge < -0.3 is 24.0 Å². The standard InChI is InChI=1S/C30H28FN3O5/c1-33(20-7-5-19(31)6-8-20)28(35)30(14-15-30)29(36)34(2)21-9-11-22(12-10-21)39-25-13-16-32-24-18-27(38-4)26(37-3)17-23(24)25/h5-13,16-18H,14-15H2,1-4H3. The molecule has 0 N–H and O–H groups in total. The number of anilines is 2. The van der Waals surface area contributed by atoms with Crippen LogP contribution in [0.15, 0.2) is 72.9 Å². The van der Waals surface area contributed by atoms with Crippen molar-refractivity contribution in [1.29, 1.82) is 0 Å². The summed E-state index contributed by atoms with van der Waals surface area (Å²) in [5.41, 5.74) is 0.728. The largest absolute Gasteiger partial charge is 0.493 e. The van der Waals surface area contributed by atoms with E-state index in [1.807, 2.05) is 6.07 Å². The summed E-state index contributed by atoms with van der Waals surface area (Å²) >= 11 is 0. The van der Waals surface area contributed by atoms with Crippen molar-refractivity contribution in [2.45, 2.75) is 12.8 Å². The highest BCUT2D eigenvalue weighted by atomic mass is 19.1. The summed E-state index contributed by atoms with van der Waals surface area (Å²) in [5, 5.41) is 0.756. The number of methoxy groups -OCH3 is 2. The molecule has 0 saturated heterocycles. The predicted molar refractivity (Wildman–Crippen MR) is 146 cm³/mol. The van der Waals surface area contributed by atoms with Gasteiger partial charge >= 0.3 is 0 Å². The van der Waals surface area contributed by atoms with Gasteiger partial charge in [-0.05, 0) is 73.5 Å². The summed E-state index contributed by atoms with van der Waals surface area (Å²) in [6.45, 7) is 0. The lowest BCUT2D eigenvalue weighted by Gasteiger charge is -2.27. The minimum absolute atomic E-state index is 0.281. The van der Waals surface area contributed by atoms with Crippen molar-refractivity contribution in [3.8, 4) is 23.0 Å². The highest BCUT2D eigenvalue weighted by Crippen LogP contribution is 2.49. The number of nitrogens with zero attached hydrogens (tertiary/aromatic N) is 3. The third-order valence-electron chi connectivity index (χ3n) is 7.05. The van der Waals surface area contributed by atoms with Gasteiger partial charge in [-0.2, -0.15) is 0 Å². The van der Waals surface area contributed by atoms with Crippen molar-refractivity contribution in [3.05, 3.63) is 78.7 Å². The molecule has 0 unspecified atom stereocenters. The fraction of sp³-hybridized carbons (Fsp3) is 0.233. The molecule has 0 aliphatic heterocycles. The quantitative estimate of drug-likeness (QED) is 0.277. The number of ether oxygens (including phenoxy) is 3. The van der Waals surface area contributed by atoms with E-state index in [9.17, 15) is 14.0 Å². The molecule has 8 nitrogen and oxygen atoms in total. The Hall–Kier alpha value is -4.66. The number of aromatic nitrogens is 1. The number of pyridine rings is 1. The minimum Gasteiger partial charge on any atom is -0.493 e. The van der Waals surface area contributed by atoms with Crippen LogP contribution >= 0.6 is 0 Å². The van der Waals surface area contributed by atoms with Gasteiger partial charge in [-0.1, -0.05) is 0 Å². The average molecular weight is 530 g/mol. The van der Waals surface area contributed by atoms with Gasteiger partial charge in [0.15, 0.2) is 11.5 Å². The van der Waals surface area contributed by atoms with Gasteiger partial charge in [-0.25, -0.2) is 4.39 Å². The van der Waals surface area contributed by atoms with E-state index in [0.29, 0.717) is 52.7 Å². The summed E-state index contributed by atoms with van der Waals surface area (Å²) < 4.78 is 30.2. The van der Waals surface area contributed by atoms with E-state index in [1.165, 1.54) is 34.1 Å². The van der Waals surface area contributed by atoms with E-state index in [0.717, 1.165) is 5.39 Å². The Morgan fingerprint density at radius 3 is 1.87 bits per heavy atom. The van der Waals surface area contributed by atoms with E-state index in [1.54, 1.807) is 70.9 Å². The van der Waals surface area contributed by atoms with Crippen LogP contribution in [0.25, 0.3) is 10.9 Å². The maximum absolute atomic E-state index is 13.5. The molecule has 39 heavy (non-hydrogen) atoms. The molecule has 1 aliphatic rings. The maximum Gasteiger partial charge on any atom is 0.242 e. The number of hydrogen-bond donors (Lipinski definition) is 0. The number of halogens is 1. The normalized spacial score (nSPS) is 13.5. The van der Waals surface area contributed by atoms with Crippen LogP contribution in [0.1, 0.15) is 12.8 Å². The van der Waals surface area contributed by atoms with Gasteiger partial charge in [0.25, 0.3) is 0 Å². The molecule has 4 aromatic rings. The molecule has 0 radical (unpaired) electrons. The van der Waals surface area contributed by atoms with Gasteiger partial charge in [0.2, 0.25) is 11.8 Å². The van der Waals surface area contributed by atoms with Gasteiger partial charge in [0.1, 0.15) is 22.7 Å². The Morgan fingerprint density at radius 1 is 0.795 bits per heavy atom. The van der Waals surface area contributed by atoms with Crippen molar-refractivity contribution in [2.75, 3.05) is 38.1 Å². The number of carbonyl (C=O) groups is 2. The maximum atomic E-state index is 13.5. The average Bonchev–Trinajstić information content (AvgIpc) is 3.78. The number of carbonyl (C=O) groups excluding carboxylic acids is 2. The summed E-state index contributed by atoms with van der Waals surface area (Å²) in [6, 6.07) is 18.0. The number of rotatable bonds is 8. The van der Waals surface area contributed by atoms with Gasteiger partial charge in [-0.3, -0.25) is 14.6 Å². The van der Waals surface area contributed by atoms with Crippen LogP contribution in [0, 0.1) is 11.2 Å². The molecular weight excluding hydrogens is 501 g/mol. The fourth-order valence-electron chi connectivity index (χ4n) is 4.59. The molecule has 9 heteroatoms. The Balaban J connectivity index is 1.32. The van der Waals surface area contributed by atoms with Crippen molar-refractivity contribution < 1.29 is 28.2 Å². The molecule has 5 rings (SSSR count). The number of fused-ring (bicyclic) bond motifs is 1. The molecule has 1 aliphatic carbocycles. The zero-order valence-corrected chi connectivity index (χ0v) is 22.1. The van der Waals surface area contributed by atoms with Crippen LogP contribution in [0.4, 0.5) is 15.8 Å². The first-order valence-electron chi connectivity index (χ1n) is 12.4. The molecule has 2 amide bonds. The highest BCUT2D eigenvalue weighted by Gasteiger charge is 2.59. The molecule has 0 bridgehead atoms. The summed E-state index contributed by atoms with van der Waals surface area (Å²) in [6.07, 6.45) is 2.58. The Labute approximate surface area is 225 Å². The van der Waals surface area contributed by atoms with Crippen LogP contribution < -0.4 is 24.0 Å². The zero-order chi connectivity index (χ0) is 27.7. The number of hydrogen-bond acceptors (Lipinski definition) is 6. The Kier molecular flexibility index (Phi) is 6.82. The van der Waals surface area contributed by atoms with E-state index in [2.05, 4.69) is 4.98 Å². The minimum atomic E-state index is -1.12. The Morgan fingerprint density at radius 2 is 1.33 bits per heavy atom. The first-order valence-corrected chi connectivity index (χ1v) is 12.4. The molecule has 0 spiro atoms. The summed E-state index contributed by atoms with van der Waals surface area (Å²) in [5.74, 6) is 1.31. The topological polar surface area (TPSA) is 81.2 Å². The van der Waals surface area contributed by atoms with Crippen LogP contribution in [0.5, 0.6) is 23.0 Å². The lowest BCUT2D eigenvalue weighted by Crippen LogP contribution is -2.44. The van der Waals surface area contributed by atoms with Gasteiger partial charge in [-0.15, -0.1) is 0 Å². The van der Waals surface area contributed by atoms with Crippen LogP contribution in [0.3, 0.4) is 0 Å². The molecule has 1 aromatic heterocycles. The first-order chi connectivity index (χ1) is 18.8. The smallest absolute Gasteiger partial charge is 0.242 e. The van der Waals surface area contributed by atoms with Gasteiger partial charge in [0, 0.05) is 43.1 Å². The van der Waals surface area contributed by atoms with E-state index >= 15 is 0 Å². The van der Waals surface area contributed by atoms with Crippen molar-refractivity contribution in [2.24, 2.45) is 5.41 Å². The number of benzene rings is 3. The van der Waals surface area contributed by atoms with E-state index < -0.39 is 5.41 Å². The number of amides is 2. The van der Waals surface area contributed by atoms with E-state index in [-0.39, 0.29) is 17.6 Å². The summed E-state index contributed by atoms with van der Waals surface area (Å²) in [4.78, 5) is 34.0. The second-order valence-corrected chi connectivity index (χ2v) is 9.42. The van der Waals surface area contributed by atoms with E-state index in [4.69, 9.17) is 14.2 Å².